The maximum Gasteiger partial charge on any atom is 0.254 e. The highest BCUT2D eigenvalue weighted by Crippen LogP contribution is 2.22. The Morgan fingerprint density at radius 2 is 2.35 bits per heavy atom. The summed E-state index contributed by atoms with van der Waals surface area (Å²) in [5.74, 6) is 0.157. The number of halogens is 1. The van der Waals surface area contributed by atoms with Gasteiger partial charge in [0.05, 0.1) is 3.57 Å². The van der Waals surface area contributed by atoms with Crippen molar-refractivity contribution in [1.82, 2.24) is 10.2 Å². The van der Waals surface area contributed by atoms with E-state index in [9.17, 15) is 9.90 Å². The first-order valence-electron chi connectivity index (χ1n) is 5.60. The van der Waals surface area contributed by atoms with E-state index in [4.69, 9.17) is 0 Å². The standard InChI is InChI=1S/C12H15IN2O2/c1-8-7-14-4-5-15(8)12(17)9-2-3-10(13)11(16)6-9/h2-3,6,8,14,16H,4-5,7H2,1H3. The third-order valence-corrected chi connectivity index (χ3v) is 3.87. The molecule has 0 bridgehead atoms. The summed E-state index contributed by atoms with van der Waals surface area (Å²) in [6.45, 7) is 4.39. The van der Waals surface area contributed by atoms with Crippen LogP contribution in [0.3, 0.4) is 0 Å². The molecule has 1 heterocycles. The number of hydrogen-bond donors (Lipinski definition) is 2. The van der Waals surface area contributed by atoms with Gasteiger partial charge in [-0.15, -0.1) is 0 Å². The van der Waals surface area contributed by atoms with Crippen molar-refractivity contribution < 1.29 is 9.90 Å². The molecule has 1 fully saturated rings. The fourth-order valence-corrected chi connectivity index (χ4v) is 2.29. The quantitative estimate of drug-likeness (QED) is 0.757. The summed E-state index contributed by atoms with van der Waals surface area (Å²) in [5.41, 5.74) is 0.552. The Morgan fingerprint density at radius 1 is 1.59 bits per heavy atom. The molecule has 0 aliphatic carbocycles. The minimum Gasteiger partial charge on any atom is -0.507 e. The molecule has 92 valence electrons. The van der Waals surface area contributed by atoms with E-state index < -0.39 is 0 Å². The highest BCUT2D eigenvalue weighted by molar-refractivity contribution is 14.1. The monoisotopic (exact) mass is 346 g/mol. The molecule has 2 N–H and O–H groups in total. The molecule has 1 unspecified atom stereocenters. The van der Waals surface area contributed by atoms with Crippen LogP contribution in [0.5, 0.6) is 5.75 Å². The van der Waals surface area contributed by atoms with Gasteiger partial charge >= 0.3 is 0 Å². The van der Waals surface area contributed by atoms with Crippen LogP contribution >= 0.6 is 22.6 Å². The molecular formula is C12H15IN2O2. The normalized spacial score (nSPS) is 20.4. The summed E-state index contributed by atoms with van der Waals surface area (Å²) in [7, 11) is 0. The summed E-state index contributed by atoms with van der Waals surface area (Å²) < 4.78 is 0.757. The summed E-state index contributed by atoms with van der Waals surface area (Å²) in [6, 6.07) is 5.26. The number of phenolic OH excluding ortho intramolecular Hbond substituents is 1. The minimum absolute atomic E-state index is 0.00861. The molecule has 2 rings (SSSR count). The predicted octanol–water partition coefficient (Wildman–Crippen LogP) is 1.43. The summed E-state index contributed by atoms with van der Waals surface area (Å²) in [4.78, 5) is 14.1. The zero-order valence-electron chi connectivity index (χ0n) is 9.61. The fourth-order valence-electron chi connectivity index (χ4n) is 1.95. The summed E-state index contributed by atoms with van der Waals surface area (Å²) in [5, 5.41) is 12.9. The highest BCUT2D eigenvalue weighted by atomic mass is 127. The van der Waals surface area contributed by atoms with Gasteiger partial charge < -0.3 is 15.3 Å². The van der Waals surface area contributed by atoms with E-state index in [0.717, 1.165) is 16.7 Å². The van der Waals surface area contributed by atoms with Crippen LogP contribution < -0.4 is 5.32 Å². The zero-order valence-corrected chi connectivity index (χ0v) is 11.8. The Labute approximate surface area is 114 Å². The van der Waals surface area contributed by atoms with E-state index in [1.54, 1.807) is 18.2 Å². The molecule has 4 nitrogen and oxygen atoms in total. The average Bonchev–Trinajstić information content (AvgIpc) is 2.32. The van der Waals surface area contributed by atoms with Crippen LogP contribution in [0, 0.1) is 3.57 Å². The molecule has 0 saturated carbocycles. The zero-order chi connectivity index (χ0) is 12.4. The van der Waals surface area contributed by atoms with Gasteiger partial charge in [0.25, 0.3) is 5.91 Å². The lowest BCUT2D eigenvalue weighted by Gasteiger charge is -2.34. The van der Waals surface area contributed by atoms with E-state index in [0.29, 0.717) is 12.1 Å². The minimum atomic E-state index is -0.00861. The molecule has 1 aliphatic rings. The number of aromatic hydroxyl groups is 1. The van der Waals surface area contributed by atoms with Gasteiger partial charge in [0.2, 0.25) is 0 Å². The molecule has 1 saturated heterocycles. The molecule has 5 heteroatoms. The first kappa shape index (κ1) is 12.6. The number of benzene rings is 1. The van der Waals surface area contributed by atoms with Crippen LogP contribution in [-0.2, 0) is 0 Å². The Morgan fingerprint density at radius 3 is 3.00 bits per heavy atom. The number of hydrogen-bond acceptors (Lipinski definition) is 3. The third kappa shape index (κ3) is 2.71. The Kier molecular flexibility index (Phi) is 3.88. The highest BCUT2D eigenvalue weighted by Gasteiger charge is 2.24. The van der Waals surface area contributed by atoms with E-state index in [1.807, 2.05) is 34.4 Å². The molecule has 1 aromatic carbocycles. The number of phenols is 1. The molecule has 1 aliphatic heterocycles. The molecule has 0 aromatic heterocycles. The van der Waals surface area contributed by atoms with Crippen LogP contribution in [0.2, 0.25) is 0 Å². The Balaban J connectivity index is 2.21. The lowest BCUT2D eigenvalue weighted by Crippen LogP contribution is -2.52. The van der Waals surface area contributed by atoms with E-state index in [2.05, 4.69) is 5.32 Å². The molecule has 1 amide bonds. The third-order valence-electron chi connectivity index (χ3n) is 2.96. The fraction of sp³-hybridized carbons (Fsp3) is 0.417. The number of piperazine rings is 1. The number of nitrogens with zero attached hydrogens (tertiary/aromatic N) is 1. The van der Waals surface area contributed by atoms with Crippen LogP contribution in [0.25, 0.3) is 0 Å². The lowest BCUT2D eigenvalue weighted by atomic mass is 10.1. The second kappa shape index (κ2) is 5.22. The van der Waals surface area contributed by atoms with Crippen LogP contribution in [0.15, 0.2) is 18.2 Å². The van der Waals surface area contributed by atoms with Gasteiger partial charge in [-0.1, -0.05) is 0 Å². The van der Waals surface area contributed by atoms with Crippen molar-refractivity contribution in [1.29, 1.82) is 0 Å². The molecular weight excluding hydrogens is 331 g/mol. The Hall–Kier alpha value is -0.820. The molecule has 1 atom stereocenters. The molecule has 0 spiro atoms. The van der Waals surface area contributed by atoms with Crippen LogP contribution in [0.1, 0.15) is 17.3 Å². The summed E-state index contributed by atoms with van der Waals surface area (Å²) >= 11 is 2.04. The molecule has 0 radical (unpaired) electrons. The van der Waals surface area contributed by atoms with E-state index in [-0.39, 0.29) is 17.7 Å². The number of nitrogens with one attached hydrogen (secondary N) is 1. The van der Waals surface area contributed by atoms with Gasteiger partial charge in [0.1, 0.15) is 5.75 Å². The van der Waals surface area contributed by atoms with Crippen molar-refractivity contribution >= 4 is 28.5 Å². The smallest absolute Gasteiger partial charge is 0.254 e. The lowest BCUT2D eigenvalue weighted by molar-refractivity contribution is 0.0655. The van der Waals surface area contributed by atoms with Crippen molar-refractivity contribution in [3.05, 3.63) is 27.3 Å². The number of carbonyl (C=O) groups excluding carboxylic acids is 1. The van der Waals surface area contributed by atoms with Crippen molar-refractivity contribution in [2.24, 2.45) is 0 Å². The first-order chi connectivity index (χ1) is 8.09. The number of amides is 1. The number of carbonyl (C=O) groups is 1. The van der Waals surface area contributed by atoms with Crippen LogP contribution in [-0.4, -0.2) is 41.6 Å². The average molecular weight is 346 g/mol. The van der Waals surface area contributed by atoms with Crippen molar-refractivity contribution in [3.63, 3.8) is 0 Å². The summed E-state index contributed by atoms with van der Waals surface area (Å²) in [6.07, 6.45) is 0. The van der Waals surface area contributed by atoms with Gasteiger partial charge in [0.15, 0.2) is 0 Å². The van der Waals surface area contributed by atoms with Gasteiger partial charge in [-0.2, -0.15) is 0 Å². The largest absolute Gasteiger partial charge is 0.507 e. The first-order valence-corrected chi connectivity index (χ1v) is 6.67. The van der Waals surface area contributed by atoms with Crippen molar-refractivity contribution in [3.8, 4) is 5.75 Å². The second-order valence-corrected chi connectivity index (χ2v) is 5.38. The van der Waals surface area contributed by atoms with Gasteiger partial charge in [-0.25, -0.2) is 0 Å². The van der Waals surface area contributed by atoms with Crippen LogP contribution in [0.4, 0.5) is 0 Å². The molecule has 17 heavy (non-hydrogen) atoms. The predicted molar refractivity (Wildman–Crippen MR) is 74.2 cm³/mol. The number of rotatable bonds is 1. The van der Waals surface area contributed by atoms with Gasteiger partial charge in [-0.3, -0.25) is 4.79 Å². The SMILES string of the molecule is CC1CNCCN1C(=O)c1ccc(I)c(O)c1. The topological polar surface area (TPSA) is 52.6 Å². The maximum atomic E-state index is 12.3. The van der Waals surface area contributed by atoms with E-state index in [1.165, 1.54) is 0 Å². The van der Waals surface area contributed by atoms with Crippen molar-refractivity contribution in [2.45, 2.75) is 13.0 Å². The maximum absolute atomic E-state index is 12.3. The van der Waals surface area contributed by atoms with Crippen molar-refractivity contribution in [2.75, 3.05) is 19.6 Å². The van der Waals surface area contributed by atoms with Gasteiger partial charge in [0, 0.05) is 31.2 Å². The Bertz CT molecular complexity index is 437. The van der Waals surface area contributed by atoms with Gasteiger partial charge in [-0.05, 0) is 47.7 Å². The molecule has 1 aromatic rings. The second-order valence-electron chi connectivity index (χ2n) is 4.22. The van der Waals surface area contributed by atoms with E-state index >= 15 is 0 Å².